The predicted octanol–water partition coefficient (Wildman–Crippen LogP) is 1.27. The van der Waals surface area contributed by atoms with E-state index >= 15 is 0 Å². The minimum Gasteiger partial charge on any atom is -0.379 e. The molecule has 0 radical (unpaired) electrons. The average molecular weight is 407 g/mol. The quantitative estimate of drug-likeness (QED) is 0.822. The van der Waals surface area contributed by atoms with Gasteiger partial charge in [-0.1, -0.05) is 30.3 Å². The van der Waals surface area contributed by atoms with Crippen LogP contribution >= 0.6 is 0 Å². The van der Waals surface area contributed by atoms with Crippen molar-refractivity contribution in [2.24, 2.45) is 4.40 Å². The molecule has 2 aromatic carbocycles. The first-order valence-electron chi connectivity index (χ1n) is 8.27. The molecule has 8 nitrogen and oxygen atoms in total. The molecule has 1 N–H and O–H groups in total. The lowest BCUT2D eigenvalue weighted by Crippen LogP contribution is -2.40. The van der Waals surface area contributed by atoms with Crippen LogP contribution in [0.2, 0.25) is 0 Å². The maximum atomic E-state index is 12.8. The first-order chi connectivity index (χ1) is 12.9. The lowest BCUT2D eigenvalue weighted by Gasteiger charge is -2.26. The highest BCUT2D eigenvalue weighted by Crippen LogP contribution is 2.31. The number of anilines is 1. The summed E-state index contributed by atoms with van der Waals surface area (Å²) in [6.07, 6.45) is 0. The van der Waals surface area contributed by atoms with Gasteiger partial charge >= 0.3 is 0 Å². The highest BCUT2D eigenvalue weighted by molar-refractivity contribution is 7.91. The van der Waals surface area contributed by atoms with Crippen LogP contribution in [0.15, 0.2) is 62.7 Å². The summed E-state index contributed by atoms with van der Waals surface area (Å²) in [5.74, 6) is 0.201. The first-order valence-corrected chi connectivity index (χ1v) is 11.2. The Morgan fingerprint density at radius 1 is 1.04 bits per heavy atom. The van der Waals surface area contributed by atoms with Crippen LogP contribution in [0.4, 0.5) is 5.69 Å². The topological polar surface area (TPSA) is 105 Å². The van der Waals surface area contributed by atoms with Gasteiger partial charge in [0.15, 0.2) is 5.84 Å². The Labute approximate surface area is 157 Å². The van der Waals surface area contributed by atoms with Crippen molar-refractivity contribution in [3.63, 3.8) is 0 Å². The first kappa shape index (κ1) is 18.1. The third kappa shape index (κ3) is 3.36. The van der Waals surface area contributed by atoms with Crippen LogP contribution in [-0.4, -0.2) is 53.3 Å². The monoisotopic (exact) mass is 407 g/mol. The van der Waals surface area contributed by atoms with E-state index in [0.717, 1.165) is 6.07 Å². The summed E-state index contributed by atoms with van der Waals surface area (Å²) in [5, 5.41) is 2.97. The number of nitrogens with zero attached hydrogens (tertiary/aromatic N) is 2. The van der Waals surface area contributed by atoms with Gasteiger partial charge in [-0.2, -0.15) is 12.7 Å². The molecule has 2 heterocycles. The van der Waals surface area contributed by atoms with Gasteiger partial charge < -0.3 is 10.1 Å². The fourth-order valence-electron chi connectivity index (χ4n) is 2.96. The third-order valence-corrected chi connectivity index (χ3v) is 7.56. The molecule has 0 amide bonds. The number of sulfonamides is 2. The smallest absolute Gasteiger partial charge is 0.286 e. The molecular weight excluding hydrogens is 390 g/mol. The fraction of sp³-hybridized carbons (Fsp3) is 0.235. The SMILES string of the molecule is O=S1(=O)N=C(c2ccccc2)Nc2ccc(S(=O)(=O)N3CCOCC3)cc21. The molecule has 0 unspecified atom stereocenters. The Balaban J connectivity index is 1.74. The van der Waals surface area contributed by atoms with E-state index in [9.17, 15) is 16.8 Å². The fourth-order valence-corrected chi connectivity index (χ4v) is 5.63. The molecule has 2 aromatic rings. The predicted molar refractivity (Wildman–Crippen MR) is 99.8 cm³/mol. The molecule has 142 valence electrons. The number of hydrogen-bond donors (Lipinski definition) is 1. The molecule has 4 rings (SSSR count). The molecule has 0 aromatic heterocycles. The third-order valence-electron chi connectivity index (χ3n) is 4.35. The molecule has 0 saturated carbocycles. The second kappa shape index (κ2) is 6.71. The van der Waals surface area contributed by atoms with E-state index in [1.807, 2.05) is 6.07 Å². The summed E-state index contributed by atoms with van der Waals surface area (Å²) >= 11 is 0. The summed E-state index contributed by atoms with van der Waals surface area (Å²) in [7, 11) is -7.83. The van der Waals surface area contributed by atoms with Crippen molar-refractivity contribution in [2.75, 3.05) is 31.6 Å². The van der Waals surface area contributed by atoms with Crippen molar-refractivity contribution in [3.8, 4) is 0 Å². The Morgan fingerprint density at radius 3 is 2.44 bits per heavy atom. The zero-order chi connectivity index (χ0) is 19.1. The van der Waals surface area contributed by atoms with Gasteiger partial charge in [0.05, 0.1) is 23.8 Å². The summed E-state index contributed by atoms with van der Waals surface area (Å²) in [6.45, 7) is 1.10. The van der Waals surface area contributed by atoms with Gasteiger partial charge in [0, 0.05) is 18.7 Å². The van der Waals surface area contributed by atoms with E-state index in [-0.39, 0.29) is 28.7 Å². The Kier molecular flexibility index (Phi) is 4.50. The second-order valence-electron chi connectivity index (χ2n) is 6.08. The highest BCUT2D eigenvalue weighted by atomic mass is 32.2. The molecule has 2 aliphatic heterocycles. The lowest BCUT2D eigenvalue weighted by atomic mass is 10.2. The molecule has 10 heteroatoms. The van der Waals surface area contributed by atoms with Gasteiger partial charge in [-0.3, -0.25) is 0 Å². The van der Waals surface area contributed by atoms with Crippen LogP contribution in [0.3, 0.4) is 0 Å². The van der Waals surface area contributed by atoms with Crippen LogP contribution < -0.4 is 5.32 Å². The minimum atomic E-state index is -4.04. The van der Waals surface area contributed by atoms with Crippen molar-refractivity contribution in [2.45, 2.75) is 9.79 Å². The van der Waals surface area contributed by atoms with Gasteiger partial charge in [0.2, 0.25) is 10.0 Å². The van der Waals surface area contributed by atoms with Crippen LogP contribution in [0.1, 0.15) is 5.56 Å². The maximum absolute atomic E-state index is 12.8. The summed E-state index contributed by atoms with van der Waals surface area (Å²) < 4.78 is 61.2. The Hall–Kier alpha value is -2.27. The minimum absolute atomic E-state index is 0.0770. The molecule has 2 aliphatic rings. The molecule has 0 spiro atoms. The van der Waals surface area contributed by atoms with E-state index in [2.05, 4.69) is 9.71 Å². The zero-order valence-corrected chi connectivity index (χ0v) is 15.8. The molecule has 0 atom stereocenters. The number of hydrogen-bond acceptors (Lipinski definition) is 6. The maximum Gasteiger partial charge on any atom is 0.286 e. The average Bonchev–Trinajstić information content (AvgIpc) is 2.68. The van der Waals surface area contributed by atoms with Crippen molar-refractivity contribution in [1.82, 2.24) is 4.31 Å². The van der Waals surface area contributed by atoms with E-state index in [0.29, 0.717) is 24.5 Å². The molecular formula is C17H17N3O5S2. The van der Waals surface area contributed by atoms with Crippen LogP contribution in [-0.2, 0) is 24.8 Å². The lowest BCUT2D eigenvalue weighted by molar-refractivity contribution is 0.0730. The molecule has 1 saturated heterocycles. The Morgan fingerprint density at radius 2 is 1.74 bits per heavy atom. The van der Waals surface area contributed by atoms with Crippen molar-refractivity contribution >= 4 is 31.6 Å². The summed E-state index contributed by atoms with van der Waals surface area (Å²) in [5.41, 5.74) is 0.918. The molecule has 0 aliphatic carbocycles. The Bertz CT molecular complexity index is 1110. The van der Waals surface area contributed by atoms with E-state index in [1.54, 1.807) is 24.3 Å². The van der Waals surface area contributed by atoms with Crippen molar-refractivity contribution in [3.05, 3.63) is 54.1 Å². The number of morpholine rings is 1. The van der Waals surface area contributed by atoms with Crippen LogP contribution in [0.25, 0.3) is 0 Å². The summed E-state index contributed by atoms with van der Waals surface area (Å²) in [6, 6.07) is 12.9. The number of rotatable bonds is 3. The summed E-state index contributed by atoms with van der Waals surface area (Å²) in [4.78, 5) is -0.233. The standard InChI is InChI=1S/C17H17N3O5S2/c21-26(22)16-12-14(27(23,24)20-8-10-25-11-9-20)6-7-15(16)18-17(19-26)13-4-2-1-3-5-13/h1-7,12H,8-11H2,(H,18,19). The zero-order valence-electron chi connectivity index (χ0n) is 14.2. The van der Waals surface area contributed by atoms with Gasteiger partial charge in [0.25, 0.3) is 10.0 Å². The largest absolute Gasteiger partial charge is 0.379 e. The van der Waals surface area contributed by atoms with Gasteiger partial charge in [-0.05, 0) is 18.2 Å². The number of nitrogens with one attached hydrogen (secondary N) is 1. The van der Waals surface area contributed by atoms with Gasteiger partial charge in [-0.25, -0.2) is 8.42 Å². The van der Waals surface area contributed by atoms with E-state index in [4.69, 9.17) is 4.74 Å². The normalized spacial score (nSPS) is 19.6. The number of ether oxygens (including phenoxy) is 1. The molecule has 27 heavy (non-hydrogen) atoms. The van der Waals surface area contributed by atoms with Crippen LogP contribution in [0, 0.1) is 0 Å². The number of fused-ring (bicyclic) bond motifs is 1. The molecule has 1 fully saturated rings. The van der Waals surface area contributed by atoms with Crippen molar-refractivity contribution in [1.29, 1.82) is 0 Å². The highest BCUT2D eigenvalue weighted by Gasteiger charge is 2.31. The van der Waals surface area contributed by atoms with E-state index < -0.39 is 20.0 Å². The van der Waals surface area contributed by atoms with Crippen molar-refractivity contribution < 1.29 is 21.6 Å². The van der Waals surface area contributed by atoms with E-state index in [1.165, 1.54) is 16.4 Å². The second-order valence-corrected chi connectivity index (χ2v) is 9.59. The van der Waals surface area contributed by atoms with Gasteiger partial charge in [0.1, 0.15) is 4.90 Å². The van der Waals surface area contributed by atoms with Crippen LogP contribution in [0.5, 0.6) is 0 Å². The van der Waals surface area contributed by atoms with Gasteiger partial charge in [-0.15, -0.1) is 4.40 Å². The molecule has 0 bridgehead atoms. The number of benzene rings is 2. The number of amidine groups is 1.